The van der Waals surface area contributed by atoms with Crippen LogP contribution in [0.25, 0.3) is 0 Å². The molecule has 0 aliphatic rings. The van der Waals surface area contributed by atoms with Crippen molar-refractivity contribution in [3.63, 3.8) is 0 Å². The zero-order valence-corrected chi connectivity index (χ0v) is 14.0. The van der Waals surface area contributed by atoms with Gasteiger partial charge in [0.25, 0.3) is 0 Å². The molecule has 0 aliphatic carbocycles. The fourth-order valence-electron chi connectivity index (χ4n) is 1.99. The van der Waals surface area contributed by atoms with Gasteiger partial charge in [-0.15, -0.1) is 5.10 Å². The highest BCUT2D eigenvalue weighted by atomic mass is 35.5. The zero-order chi connectivity index (χ0) is 17.1. The van der Waals surface area contributed by atoms with E-state index in [9.17, 15) is 4.39 Å². The Hall–Kier alpha value is -2.44. The topological polar surface area (TPSA) is 62.7 Å². The second kappa shape index (κ2) is 6.98. The van der Waals surface area contributed by atoms with Gasteiger partial charge >= 0.3 is 0 Å². The summed E-state index contributed by atoms with van der Waals surface area (Å²) in [6.07, 6.45) is 1.45. The van der Waals surface area contributed by atoms with Crippen LogP contribution in [-0.2, 0) is 0 Å². The van der Waals surface area contributed by atoms with Gasteiger partial charge < -0.3 is 10.6 Å². The van der Waals surface area contributed by atoms with Gasteiger partial charge in [-0.1, -0.05) is 29.3 Å². The molecule has 0 atom stereocenters. The van der Waals surface area contributed by atoms with Gasteiger partial charge in [0.2, 0.25) is 5.95 Å². The van der Waals surface area contributed by atoms with E-state index in [-0.39, 0.29) is 5.02 Å². The average Bonchev–Trinajstić information content (AvgIpc) is 2.55. The predicted molar refractivity (Wildman–Crippen MR) is 94.0 cm³/mol. The number of halogens is 3. The third-order valence-electron chi connectivity index (χ3n) is 3.20. The van der Waals surface area contributed by atoms with Gasteiger partial charge in [-0.25, -0.2) is 4.39 Å². The molecule has 24 heavy (non-hydrogen) atoms. The highest BCUT2D eigenvalue weighted by molar-refractivity contribution is 6.31. The van der Waals surface area contributed by atoms with E-state index in [0.717, 1.165) is 11.3 Å². The second-order valence-electron chi connectivity index (χ2n) is 5.00. The van der Waals surface area contributed by atoms with Gasteiger partial charge in [0.05, 0.1) is 11.2 Å². The molecule has 3 aromatic rings. The number of aromatic nitrogens is 3. The van der Waals surface area contributed by atoms with Crippen LogP contribution < -0.4 is 10.6 Å². The maximum atomic E-state index is 13.2. The minimum absolute atomic E-state index is 0.0231. The van der Waals surface area contributed by atoms with Gasteiger partial charge in [0, 0.05) is 16.4 Å². The van der Waals surface area contributed by atoms with Crippen molar-refractivity contribution in [3.8, 4) is 0 Å². The molecule has 2 N–H and O–H groups in total. The third-order valence-corrected chi connectivity index (χ3v) is 3.72. The summed E-state index contributed by atoms with van der Waals surface area (Å²) in [5, 5.41) is 14.5. The molecule has 0 saturated carbocycles. The van der Waals surface area contributed by atoms with Crippen LogP contribution in [0.5, 0.6) is 0 Å². The number of rotatable bonds is 4. The van der Waals surface area contributed by atoms with Crippen LogP contribution in [0, 0.1) is 12.7 Å². The fraction of sp³-hybridized carbons (Fsp3) is 0.0625. The summed E-state index contributed by atoms with van der Waals surface area (Å²) in [4.78, 5) is 4.31. The number of benzene rings is 2. The van der Waals surface area contributed by atoms with Crippen molar-refractivity contribution in [1.82, 2.24) is 15.2 Å². The zero-order valence-electron chi connectivity index (χ0n) is 12.5. The second-order valence-corrected chi connectivity index (χ2v) is 5.85. The number of aryl methyl sites for hydroxylation is 1. The molecule has 0 amide bonds. The number of hydrogen-bond acceptors (Lipinski definition) is 5. The Labute approximate surface area is 147 Å². The van der Waals surface area contributed by atoms with Crippen LogP contribution in [0.2, 0.25) is 10.0 Å². The van der Waals surface area contributed by atoms with E-state index >= 15 is 0 Å². The Morgan fingerprint density at radius 1 is 1.04 bits per heavy atom. The number of anilines is 4. The summed E-state index contributed by atoms with van der Waals surface area (Å²) in [6.45, 7) is 1.94. The van der Waals surface area contributed by atoms with Crippen LogP contribution in [0.3, 0.4) is 0 Å². The summed E-state index contributed by atoms with van der Waals surface area (Å²) < 4.78 is 13.2. The minimum atomic E-state index is -0.484. The maximum absolute atomic E-state index is 13.2. The summed E-state index contributed by atoms with van der Waals surface area (Å²) in [5.41, 5.74) is 2.37. The lowest BCUT2D eigenvalue weighted by molar-refractivity contribution is 0.628. The van der Waals surface area contributed by atoms with Gasteiger partial charge in [0.1, 0.15) is 5.82 Å². The first-order valence-electron chi connectivity index (χ1n) is 6.96. The number of nitrogens with zero attached hydrogens (tertiary/aromatic N) is 3. The first-order chi connectivity index (χ1) is 11.5. The van der Waals surface area contributed by atoms with Crippen molar-refractivity contribution in [3.05, 3.63) is 64.0 Å². The molecular formula is C16H12Cl2FN5. The normalized spacial score (nSPS) is 10.5. The molecule has 2 aromatic carbocycles. The molecule has 122 valence electrons. The van der Waals surface area contributed by atoms with Crippen molar-refractivity contribution >= 4 is 46.3 Å². The monoisotopic (exact) mass is 363 g/mol. The van der Waals surface area contributed by atoms with E-state index in [1.54, 1.807) is 18.2 Å². The quantitative estimate of drug-likeness (QED) is 0.673. The highest BCUT2D eigenvalue weighted by Gasteiger charge is 2.06. The van der Waals surface area contributed by atoms with Crippen LogP contribution in [0.1, 0.15) is 5.56 Å². The maximum Gasteiger partial charge on any atom is 0.249 e. The Morgan fingerprint density at radius 2 is 1.88 bits per heavy atom. The van der Waals surface area contributed by atoms with Crippen LogP contribution in [-0.4, -0.2) is 15.2 Å². The van der Waals surface area contributed by atoms with Gasteiger partial charge in [-0.2, -0.15) is 10.1 Å². The standard InChI is InChI=1S/C16H12Cl2FN5/c1-9-2-3-10(17)6-14(9)22-16-23-15(8-20-24-16)21-11-4-5-13(19)12(18)7-11/h2-8H,1H3,(H2,21,22,23,24). The molecule has 0 fully saturated rings. The minimum Gasteiger partial charge on any atom is -0.339 e. The van der Waals surface area contributed by atoms with E-state index < -0.39 is 5.82 Å². The van der Waals surface area contributed by atoms with Gasteiger partial charge in [-0.05, 0) is 42.8 Å². The van der Waals surface area contributed by atoms with E-state index in [1.165, 1.54) is 18.3 Å². The predicted octanol–water partition coefficient (Wildman–Crippen LogP) is 5.11. The first-order valence-corrected chi connectivity index (χ1v) is 7.72. The first kappa shape index (κ1) is 16.4. The molecule has 0 saturated heterocycles. The smallest absolute Gasteiger partial charge is 0.249 e. The Bertz CT molecular complexity index is 888. The molecule has 0 radical (unpaired) electrons. The molecule has 8 heteroatoms. The van der Waals surface area contributed by atoms with Gasteiger partial charge in [-0.3, -0.25) is 0 Å². The molecule has 1 heterocycles. The lowest BCUT2D eigenvalue weighted by atomic mass is 10.2. The van der Waals surface area contributed by atoms with Crippen molar-refractivity contribution in [1.29, 1.82) is 0 Å². The van der Waals surface area contributed by atoms with Crippen molar-refractivity contribution in [2.24, 2.45) is 0 Å². The Kier molecular flexibility index (Phi) is 4.78. The van der Waals surface area contributed by atoms with Crippen LogP contribution in [0.15, 0.2) is 42.6 Å². The summed E-state index contributed by atoms with van der Waals surface area (Å²) in [6, 6.07) is 9.76. The largest absolute Gasteiger partial charge is 0.339 e. The van der Waals surface area contributed by atoms with Crippen molar-refractivity contribution < 1.29 is 4.39 Å². The fourth-order valence-corrected chi connectivity index (χ4v) is 2.34. The highest BCUT2D eigenvalue weighted by Crippen LogP contribution is 2.24. The van der Waals surface area contributed by atoms with Gasteiger partial charge in [0.15, 0.2) is 5.82 Å². The molecule has 0 bridgehead atoms. The molecule has 1 aromatic heterocycles. The van der Waals surface area contributed by atoms with E-state index in [2.05, 4.69) is 25.8 Å². The van der Waals surface area contributed by atoms with Crippen molar-refractivity contribution in [2.45, 2.75) is 6.92 Å². The van der Waals surface area contributed by atoms with E-state index in [4.69, 9.17) is 23.2 Å². The van der Waals surface area contributed by atoms with E-state index in [1.807, 2.05) is 13.0 Å². The van der Waals surface area contributed by atoms with Crippen LogP contribution >= 0.6 is 23.2 Å². The van der Waals surface area contributed by atoms with Crippen molar-refractivity contribution in [2.75, 3.05) is 10.6 Å². The SMILES string of the molecule is Cc1ccc(Cl)cc1Nc1nncc(Nc2ccc(F)c(Cl)c2)n1. The Balaban J connectivity index is 1.81. The van der Waals surface area contributed by atoms with Crippen LogP contribution in [0.4, 0.5) is 27.5 Å². The summed E-state index contributed by atoms with van der Waals surface area (Å²) >= 11 is 11.8. The molecule has 0 spiro atoms. The molecular weight excluding hydrogens is 352 g/mol. The molecule has 0 aliphatic heterocycles. The average molecular weight is 364 g/mol. The third kappa shape index (κ3) is 3.90. The lowest BCUT2D eigenvalue weighted by Crippen LogP contribution is -2.03. The lowest BCUT2D eigenvalue weighted by Gasteiger charge is -2.10. The summed E-state index contributed by atoms with van der Waals surface area (Å²) in [7, 11) is 0. The Morgan fingerprint density at radius 3 is 2.67 bits per heavy atom. The molecule has 3 rings (SSSR count). The number of nitrogens with one attached hydrogen (secondary N) is 2. The van der Waals surface area contributed by atoms with E-state index in [0.29, 0.717) is 22.5 Å². The molecule has 0 unspecified atom stereocenters. The number of hydrogen-bond donors (Lipinski definition) is 2. The molecule has 5 nitrogen and oxygen atoms in total. The summed E-state index contributed by atoms with van der Waals surface area (Å²) in [5.74, 6) is 0.259.